The average Bonchev–Trinajstić information content (AvgIpc) is 3.57. The van der Waals surface area contributed by atoms with E-state index in [1.807, 2.05) is 22.8 Å². The van der Waals surface area contributed by atoms with Crippen LogP contribution in [-0.4, -0.2) is 43.9 Å². The van der Waals surface area contributed by atoms with E-state index in [0.717, 1.165) is 24.4 Å². The van der Waals surface area contributed by atoms with Crippen LogP contribution in [0.1, 0.15) is 38.4 Å². The topological polar surface area (TPSA) is 141 Å². The number of nitro benzene ring substituents is 1. The van der Waals surface area contributed by atoms with Gasteiger partial charge in [-0.25, -0.2) is 0 Å². The predicted octanol–water partition coefficient (Wildman–Crippen LogP) is 4.14. The highest BCUT2D eigenvalue weighted by Gasteiger charge is 2.31. The van der Waals surface area contributed by atoms with Crippen LogP contribution in [0.15, 0.2) is 47.6 Å². The van der Waals surface area contributed by atoms with Crippen molar-refractivity contribution in [3.63, 3.8) is 0 Å². The number of ether oxygens (including phenoxy) is 1. The summed E-state index contributed by atoms with van der Waals surface area (Å²) in [6, 6.07) is 11.6. The molecule has 1 aliphatic carbocycles. The minimum absolute atomic E-state index is 0.0292. The lowest BCUT2D eigenvalue weighted by atomic mass is 10.2. The van der Waals surface area contributed by atoms with Crippen molar-refractivity contribution in [3.8, 4) is 11.4 Å². The summed E-state index contributed by atoms with van der Waals surface area (Å²) in [6.07, 6.45) is 2.02. The van der Waals surface area contributed by atoms with Crippen LogP contribution in [0, 0.1) is 10.1 Å². The molecular formula is C23H24N6O5S. The number of hydrogen-bond donors (Lipinski definition) is 2. The van der Waals surface area contributed by atoms with Gasteiger partial charge < -0.3 is 15.4 Å². The fourth-order valence-electron chi connectivity index (χ4n) is 3.49. The van der Waals surface area contributed by atoms with E-state index in [0.29, 0.717) is 29.1 Å². The van der Waals surface area contributed by atoms with Crippen molar-refractivity contribution in [1.29, 1.82) is 0 Å². The van der Waals surface area contributed by atoms with Crippen LogP contribution in [0.25, 0.3) is 5.69 Å². The third-order valence-corrected chi connectivity index (χ3v) is 6.04. The van der Waals surface area contributed by atoms with Gasteiger partial charge in [-0.05, 0) is 50.1 Å². The molecule has 0 unspecified atom stereocenters. The molecule has 1 aliphatic rings. The van der Waals surface area contributed by atoms with Crippen LogP contribution in [0.4, 0.5) is 17.1 Å². The van der Waals surface area contributed by atoms with Gasteiger partial charge in [0.05, 0.1) is 29.0 Å². The molecule has 0 bridgehead atoms. The Bertz CT molecular complexity index is 1270. The summed E-state index contributed by atoms with van der Waals surface area (Å²) in [7, 11) is 0. The second-order valence-electron chi connectivity index (χ2n) is 7.89. The van der Waals surface area contributed by atoms with E-state index in [4.69, 9.17) is 4.74 Å². The Kier molecular flexibility index (Phi) is 7.30. The fraction of sp³-hybridized carbons (Fsp3) is 0.304. The highest BCUT2D eigenvalue weighted by molar-refractivity contribution is 7.99. The Labute approximate surface area is 205 Å². The van der Waals surface area contributed by atoms with Gasteiger partial charge in [0.2, 0.25) is 11.8 Å². The molecule has 0 spiro atoms. The smallest absolute Gasteiger partial charge is 0.296 e. The molecule has 3 aromatic rings. The van der Waals surface area contributed by atoms with Crippen LogP contribution >= 0.6 is 11.8 Å². The van der Waals surface area contributed by atoms with Gasteiger partial charge in [0.1, 0.15) is 17.3 Å². The maximum absolute atomic E-state index is 12.7. The molecule has 12 heteroatoms. The first kappa shape index (κ1) is 24.2. The Hall–Kier alpha value is -3.93. The lowest BCUT2D eigenvalue weighted by molar-refractivity contribution is -0.384. The van der Waals surface area contributed by atoms with Crippen molar-refractivity contribution < 1.29 is 19.2 Å². The highest BCUT2D eigenvalue weighted by atomic mass is 32.2. The molecule has 0 saturated heterocycles. The lowest BCUT2D eigenvalue weighted by Crippen LogP contribution is -2.16. The first-order valence-corrected chi connectivity index (χ1v) is 12.0. The molecule has 11 nitrogen and oxygen atoms in total. The summed E-state index contributed by atoms with van der Waals surface area (Å²) in [5, 5.41) is 26.0. The summed E-state index contributed by atoms with van der Waals surface area (Å²) >= 11 is 1.18. The van der Waals surface area contributed by atoms with Gasteiger partial charge in [0, 0.05) is 18.5 Å². The van der Waals surface area contributed by atoms with Gasteiger partial charge in [-0.3, -0.25) is 24.3 Å². The normalized spacial score (nSPS) is 12.7. The van der Waals surface area contributed by atoms with Crippen molar-refractivity contribution in [2.45, 2.75) is 37.8 Å². The van der Waals surface area contributed by atoms with Gasteiger partial charge in [-0.1, -0.05) is 17.8 Å². The molecule has 0 aliphatic heterocycles. The van der Waals surface area contributed by atoms with Crippen LogP contribution in [0.3, 0.4) is 0 Å². The Morgan fingerprint density at radius 3 is 2.69 bits per heavy atom. The zero-order valence-corrected chi connectivity index (χ0v) is 20.0. The van der Waals surface area contributed by atoms with Gasteiger partial charge >= 0.3 is 0 Å². The summed E-state index contributed by atoms with van der Waals surface area (Å²) in [4.78, 5) is 35.0. The SMILES string of the molecule is CCOc1ccc(NC(=O)CSc2nnc(C3CC3)n2-c2cccc(NC(C)=O)c2)c([N+](=O)[O-])c1. The molecule has 0 radical (unpaired) electrons. The van der Waals surface area contributed by atoms with E-state index < -0.39 is 10.8 Å². The van der Waals surface area contributed by atoms with E-state index >= 15 is 0 Å². The van der Waals surface area contributed by atoms with Crippen molar-refractivity contribution in [2.24, 2.45) is 0 Å². The maximum Gasteiger partial charge on any atom is 0.296 e. The zero-order valence-electron chi connectivity index (χ0n) is 19.2. The summed E-state index contributed by atoms with van der Waals surface area (Å²) in [5.41, 5.74) is 1.26. The van der Waals surface area contributed by atoms with Gasteiger partial charge in [0.15, 0.2) is 5.16 Å². The molecule has 4 rings (SSSR count). The number of benzene rings is 2. The third kappa shape index (κ3) is 5.96. The summed E-state index contributed by atoms with van der Waals surface area (Å²) in [5.74, 6) is 0.823. The van der Waals surface area contributed by atoms with E-state index in [1.54, 1.807) is 19.1 Å². The predicted molar refractivity (Wildman–Crippen MR) is 131 cm³/mol. The maximum atomic E-state index is 12.7. The standard InChI is InChI=1S/C23H24N6O5S/c1-3-34-18-9-10-19(20(12-18)29(32)33)25-21(31)13-35-23-27-26-22(15-7-8-15)28(23)17-6-4-5-16(11-17)24-14(2)30/h4-6,9-12,15H,3,7-8,13H2,1-2H3,(H,24,30)(H,25,31). The minimum atomic E-state index is -0.564. The summed E-state index contributed by atoms with van der Waals surface area (Å²) in [6.45, 7) is 3.59. The number of hydrogen-bond acceptors (Lipinski definition) is 8. The van der Waals surface area contributed by atoms with E-state index in [9.17, 15) is 19.7 Å². The van der Waals surface area contributed by atoms with Crippen molar-refractivity contribution in [1.82, 2.24) is 14.8 Å². The van der Waals surface area contributed by atoms with Crippen LogP contribution in [-0.2, 0) is 9.59 Å². The Morgan fingerprint density at radius 1 is 1.20 bits per heavy atom. The number of thioether (sulfide) groups is 1. The number of carbonyl (C=O) groups excluding carboxylic acids is 2. The first-order chi connectivity index (χ1) is 16.9. The molecule has 0 atom stereocenters. The van der Waals surface area contributed by atoms with Crippen LogP contribution < -0.4 is 15.4 Å². The van der Waals surface area contributed by atoms with E-state index in [-0.39, 0.29) is 23.0 Å². The molecule has 2 N–H and O–H groups in total. The Morgan fingerprint density at radius 2 is 2.00 bits per heavy atom. The van der Waals surface area contributed by atoms with E-state index in [1.165, 1.54) is 30.8 Å². The molecule has 1 saturated carbocycles. The molecule has 1 heterocycles. The first-order valence-electron chi connectivity index (χ1n) is 11.0. The summed E-state index contributed by atoms with van der Waals surface area (Å²) < 4.78 is 7.20. The molecule has 2 aromatic carbocycles. The van der Waals surface area contributed by atoms with Gasteiger partial charge in [-0.2, -0.15) is 0 Å². The van der Waals surface area contributed by atoms with Crippen molar-refractivity contribution in [2.75, 3.05) is 23.0 Å². The molecule has 2 amide bonds. The van der Waals surface area contributed by atoms with Crippen molar-refractivity contribution >= 4 is 40.6 Å². The molecule has 1 aromatic heterocycles. The molecule has 182 valence electrons. The average molecular weight is 497 g/mol. The number of nitrogens with zero attached hydrogens (tertiary/aromatic N) is 4. The van der Waals surface area contributed by atoms with Crippen molar-refractivity contribution in [3.05, 3.63) is 58.4 Å². The van der Waals surface area contributed by atoms with Crippen LogP contribution in [0.5, 0.6) is 5.75 Å². The monoisotopic (exact) mass is 496 g/mol. The second kappa shape index (κ2) is 10.6. The zero-order chi connectivity index (χ0) is 24.9. The fourth-order valence-corrected chi connectivity index (χ4v) is 4.25. The van der Waals surface area contributed by atoms with E-state index in [2.05, 4.69) is 20.8 Å². The number of carbonyl (C=O) groups is 2. The number of rotatable bonds is 10. The van der Waals surface area contributed by atoms with Crippen LogP contribution in [0.2, 0.25) is 0 Å². The molecule has 35 heavy (non-hydrogen) atoms. The highest BCUT2D eigenvalue weighted by Crippen LogP contribution is 2.41. The van der Waals surface area contributed by atoms with Gasteiger partial charge in [-0.15, -0.1) is 10.2 Å². The molecular weight excluding hydrogens is 472 g/mol. The lowest BCUT2D eigenvalue weighted by Gasteiger charge is -2.12. The number of amides is 2. The minimum Gasteiger partial charge on any atom is -0.494 e. The van der Waals surface area contributed by atoms with Gasteiger partial charge in [0.25, 0.3) is 5.69 Å². The quantitative estimate of drug-likeness (QED) is 0.242. The number of nitro groups is 1. The number of nitrogens with one attached hydrogen (secondary N) is 2. The number of aromatic nitrogens is 3. The number of anilines is 2. The molecule has 1 fully saturated rings. The largest absolute Gasteiger partial charge is 0.494 e. The third-order valence-electron chi connectivity index (χ3n) is 5.11. The second-order valence-corrected chi connectivity index (χ2v) is 8.83. The Balaban J connectivity index is 1.52.